The van der Waals surface area contributed by atoms with Crippen LogP contribution in [0.4, 0.5) is 0 Å². The third kappa shape index (κ3) is 4.43. The van der Waals surface area contributed by atoms with E-state index in [1.165, 1.54) is 51.3 Å². The molecule has 6 nitrogen and oxygen atoms in total. The molecule has 0 radical (unpaired) electrons. The highest BCUT2D eigenvalue weighted by molar-refractivity contribution is 8.03. The number of hydrogen-bond acceptors (Lipinski definition) is 8. The summed E-state index contributed by atoms with van der Waals surface area (Å²) in [4.78, 5) is 12.5. The SMILES string of the molecule is CSc1nnc(SCC(=O)c2ccc(S(=O)(=O)N3CCCC3)cc2)s1. The van der Waals surface area contributed by atoms with Crippen LogP contribution >= 0.6 is 34.9 Å². The van der Waals surface area contributed by atoms with Crippen LogP contribution in [0.5, 0.6) is 0 Å². The summed E-state index contributed by atoms with van der Waals surface area (Å²) in [5.41, 5.74) is 0.502. The van der Waals surface area contributed by atoms with Crippen LogP contribution in [0.25, 0.3) is 0 Å². The van der Waals surface area contributed by atoms with Crippen LogP contribution in [0.3, 0.4) is 0 Å². The number of thioether (sulfide) groups is 2. The summed E-state index contributed by atoms with van der Waals surface area (Å²) in [6, 6.07) is 6.20. The molecule has 0 aliphatic carbocycles. The number of Topliss-reactive ketones (excluding diaryl/α,β-unsaturated/α-hetero) is 1. The molecule has 3 rings (SSSR count). The Balaban J connectivity index is 1.64. The van der Waals surface area contributed by atoms with Crippen molar-refractivity contribution in [2.75, 3.05) is 25.1 Å². The van der Waals surface area contributed by atoms with Crippen molar-refractivity contribution >= 4 is 50.7 Å². The number of carbonyl (C=O) groups is 1. The van der Waals surface area contributed by atoms with E-state index in [0.717, 1.165) is 21.5 Å². The molecule has 0 saturated carbocycles. The van der Waals surface area contributed by atoms with E-state index in [4.69, 9.17) is 0 Å². The van der Waals surface area contributed by atoms with Crippen LogP contribution in [-0.4, -0.2) is 53.8 Å². The predicted molar refractivity (Wildman–Crippen MR) is 101 cm³/mol. The van der Waals surface area contributed by atoms with Gasteiger partial charge in [-0.2, -0.15) is 4.31 Å². The first-order valence-electron chi connectivity index (χ1n) is 7.64. The van der Waals surface area contributed by atoms with Crippen LogP contribution in [0.1, 0.15) is 23.2 Å². The lowest BCUT2D eigenvalue weighted by atomic mass is 10.1. The minimum atomic E-state index is -3.44. The molecule has 2 heterocycles. The van der Waals surface area contributed by atoms with Crippen molar-refractivity contribution in [1.82, 2.24) is 14.5 Å². The molecule has 1 fully saturated rings. The molecule has 0 unspecified atom stereocenters. The van der Waals surface area contributed by atoms with E-state index in [-0.39, 0.29) is 16.4 Å². The zero-order valence-electron chi connectivity index (χ0n) is 13.5. The standard InChI is InChI=1S/C15H17N3O3S4/c1-22-14-16-17-15(24-14)23-10-13(19)11-4-6-12(7-5-11)25(20,21)18-8-2-3-9-18/h4-7H,2-3,8-10H2,1H3. The van der Waals surface area contributed by atoms with E-state index < -0.39 is 10.0 Å². The first-order chi connectivity index (χ1) is 12.0. The van der Waals surface area contributed by atoms with Crippen molar-refractivity contribution in [1.29, 1.82) is 0 Å². The molecule has 2 aromatic rings. The molecule has 1 saturated heterocycles. The van der Waals surface area contributed by atoms with Crippen molar-refractivity contribution in [2.24, 2.45) is 0 Å². The third-order valence-electron chi connectivity index (χ3n) is 3.77. The van der Waals surface area contributed by atoms with Crippen LogP contribution in [0, 0.1) is 0 Å². The molecule has 1 aliphatic rings. The topological polar surface area (TPSA) is 80.2 Å². The Morgan fingerprint density at radius 2 is 1.80 bits per heavy atom. The smallest absolute Gasteiger partial charge is 0.243 e. The molecule has 134 valence electrons. The summed E-state index contributed by atoms with van der Waals surface area (Å²) in [6.07, 6.45) is 3.73. The molecule has 0 amide bonds. The number of carbonyl (C=O) groups excluding carboxylic acids is 1. The maximum atomic E-state index is 12.5. The third-order valence-corrected chi connectivity index (χ3v) is 8.71. The van der Waals surface area contributed by atoms with E-state index >= 15 is 0 Å². The van der Waals surface area contributed by atoms with Gasteiger partial charge in [-0.1, -0.05) is 47.0 Å². The summed E-state index contributed by atoms with van der Waals surface area (Å²) in [5, 5.41) is 8.01. The van der Waals surface area contributed by atoms with Crippen molar-refractivity contribution in [3.63, 3.8) is 0 Å². The molecule has 0 bridgehead atoms. The fourth-order valence-electron chi connectivity index (χ4n) is 2.44. The van der Waals surface area contributed by atoms with Crippen molar-refractivity contribution < 1.29 is 13.2 Å². The lowest BCUT2D eigenvalue weighted by Crippen LogP contribution is -2.27. The average molecular weight is 416 g/mol. The Bertz CT molecular complexity index is 843. The number of rotatable bonds is 7. The van der Waals surface area contributed by atoms with Gasteiger partial charge in [-0.25, -0.2) is 8.42 Å². The first-order valence-corrected chi connectivity index (χ1v) is 12.1. The van der Waals surface area contributed by atoms with Crippen LogP contribution in [0.2, 0.25) is 0 Å². The summed E-state index contributed by atoms with van der Waals surface area (Å²) >= 11 is 4.32. The fourth-order valence-corrected chi connectivity index (χ4v) is 6.29. The van der Waals surface area contributed by atoms with Gasteiger partial charge < -0.3 is 0 Å². The molecule has 0 spiro atoms. The Hall–Kier alpha value is -0.940. The largest absolute Gasteiger partial charge is 0.293 e. The van der Waals surface area contributed by atoms with Crippen molar-refractivity contribution in [2.45, 2.75) is 26.4 Å². The van der Waals surface area contributed by atoms with Crippen LogP contribution in [0.15, 0.2) is 37.8 Å². The van der Waals surface area contributed by atoms with Gasteiger partial charge in [0.25, 0.3) is 0 Å². The lowest BCUT2D eigenvalue weighted by Gasteiger charge is -2.15. The van der Waals surface area contributed by atoms with E-state index in [1.807, 2.05) is 6.26 Å². The van der Waals surface area contributed by atoms with Crippen LogP contribution in [-0.2, 0) is 10.0 Å². The quantitative estimate of drug-likeness (QED) is 0.508. The highest BCUT2D eigenvalue weighted by Crippen LogP contribution is 2.28. The Morgan fingerprint density at radius 3 is 2.40 bits per heavy atom. The monoisotopic (exact) mass is 415 g/mol. The normalized spacial score (nSPS) is 15.6. The molecule has 1 aliphatic heterocycles. The maximum Gasteiger partial charge on any atom is 0.243 e. The number of sulfonamides is 1. The second-order valence-electron chi connectivity index (χ2n) is 5.39. The molecule has 1 aromatic heterocycles. The van der Waals surface area contributed by atoms with E-state index in [2.05, 4.69) is 10.2 Å². The zero-order chi connectivity index (χ0) is 17.9. The van der Waals surface area contributed by atoms with Crippen molar-refractivity contribution in [3.8, 4) is 0 Å². The highest BCUT2D eigenvalue weighted by Gasteiger charge is 2.27. The van der Waals surface area contributed by atoms with Gasteiger partial charge in [0.15, 0.2) is 14.5 Å². The molecule has 0 N–H and O–H groups in total. The number of ketones is 1. The van der Waals surface area contributed by atoms with Gasteiger partial charge in [-0.05, 0) is 31.2 Å². The van der Waals surface area contributed by atoms with E-state index in [9.17, 15) is 13.2 Å². The molecule has 1 aromatic carbocycles. The van der Waals surface area contributed by atoms with Gasteiger partial charge in [0.1, 0.15) is 0 Å². The van der Waals surface area contributed by atoms with Crippen molar-refractivity contribution in [3.05, 3.63) is 29.8 Å². The summed E-state index contributed by atoms with van der Waals surface area (Å²) < 4.78 is 28.1. The molecular weight excluding hydrogens is 398 g/mol. The lowest BCUT2D eigenvalue weighted by molar-refractivity contribution is 0.102. The fraction of sp³-hybridized carbons (Fsp3) is 0.400. The minimum Gasteiger partial charge on any atom is -0.293 e. The van der Waals surface area contributed by atoms with Gasteiger partial charge >= 0.3 is 0 Å². The second kappa shape index (κ2) is 8.17. The van der Waals surface area contributed by atoms with Crippen LogP contribution < -0.4 is 0 Å². The number of hydrogen-bond donors (Lipinski definition) is 0. The number of aromatic nitrogens is 2. The minimum absolute atomic E-state index is 0.0592. The second-order valence-corrected chi connectivity index (χ2v) is 10.6. The Morgan fingerprint density at radius 1 is 1.16 bits per heavy atom. The molecule has 25 heavy (non-hydrogen) atoms. The van der Waals surface area contributed by atoms with Gasteiger partial charge in [-0.3, -0.25) is 4.79 Å². The molecular formula is C15H17N3O3S4. The van der Waals surface area contributed by atoms with Gasteiger partial charge in [0, 0.05) is 18.7 Å². The molecule has 0 atom stereocenters. The zero-order valence-corrected chi connectivity index (χ0v) is 16.8. The van der Waals surface area contributed by atoms with E-state index in [0.29, 0.717) is 18.7 Å². The predicted octanol–water partition coefficient (Wildman–Crippen LogP) is 3.02. The maximum absolute atomic E-state index is 12.5. The highest BCUT2D eigenvalue weighted by atomic mass is 32.2. The van der Waals surface area contributed by atoms with Gasteiger partial charge in [0.05, 0.1) is 10.6 Å². The number of nitrogens with zero attached hydrogens (tertiary/aromatic N) is 3. The number of benzene rings is 1. The summed E-state index contributed by atoms with van der Waals surface area (Å²) in [5.74, 6) is 0.192. The summed E-state index contributed by atoms with van der Waals surface area (Å²) in [6.45, 7) is 1.14. The first kappa shape index (κ1) is 18.8. The Labute approximate surface area is 159 Å². The summed E-state index contributed by atoms with van der Waals surface area (Å²) in [7, 11) is -3.44. The van der Waals surface area contributed by atoms with Gasteiger partial charge in [-0.15, -0.1) is 10.2 Å². The Kier molecular flexibility index (Phi) is 6.16. The average Bonchev–Trinajstić information content (AvgIpc) is 3.31. The van der Waals surface area contributed by atoms with E-state index in [1.54, 1.807) is 12.1 Å². The molecule has 10 heteroatoms. The van der Waals surface area contributed by atoms with Gasteiger partial charge in [0.2, 0.25) is 10.0 Å².